The van der Waals surface area contributed by atoms with Gasteiger partial charge in [0.05, 0.1) is 17.6 Å². The summed E-state index contributed by atoms with van der Waals surface area (Å²) in [5.74, 6) is -2.17. The minimum Gasteiger partial charge on any atom is -0.359 e. The van der Waals surface area contributed by atoms with Crippen molar-refractivity contribution in [2.75, 3.05) is 5.32 Å². The van der Waals surface area contributed by atoms with Crippen LogP contribution < -0.4 is 5.32 Å². The molecule has 3 rings (SSSR count). The lowest BCUT2D eigenvalue weighted by Gasteiger charge is -2.05. The zero-order valence-electron chi connectivity index (χ0n) is 11.3. The molecule has 0 saturated carbocycles. The van der Waals surface area contributed by atoms with Crippen molar-refractivity contribution in [3.05, 3.63) is 64.8 Å². The molecule has 2 aromatic carbocycles. The number of rotatable bonds is 3. The van der Waals surface area contributed by atoms with E-state index in [9.17, 15) is 13.6 Å². The summed E-state index contributed by atoms with van der Waals surface area (Å²) in [4.78, 5) is 14.8. The van der Waals surface area contributed by atoms with E-state index in [2.05, 4.69) is 10.3 Å². The first kappa shape index (κ1) is 14.5. The molecule has 112 valence electrons. The number of carbonyl (C=O) groups is 1. The van der Waals surface area contributed by atoms with Crippen LogP contribution in [0.5, 0.6) is 0 Å². The molecular weight excluding hydrogens is 310 g/mol. The molecule has 0 unspecified atom stereocenters. The fourth-order valence-electron chi connectivity index (χ4n) is 2.25. The van der Waals surface area contributed by atoms with Gasteiger partial charge in [-0.05, 0) is 23.8 Å². The van der Waals surface area contributed by atoms with Gasteiger partial charge in [0.1, 0.15) is 0 Å². The van der Waals surface area contributed by atoms with E-state index in [1.54, 1.807) is 24.3 Å². The Kier molecular flexibility index (Phi) is 3.81. The van der Waals surface area contributed by atoms with Gasteiger partial charge in [-0.1, -0.05) is 23.7 Å². The number of aromatic nitrogens is 1. The first-order valence-corrected chi connectivity index (χ1v) is 6.91. The maximum absolute atomic E-state index is 13.3. The van der Waals surface area contributed by atoms with Crippen molar-refractivity contribution in [2.45, 2.75) is 6.42 Å². The number of H-pyrrole nitrogens is 1. The summed E-state index contributed by atoms with van der Waals surface area (Å²) in [6.07, 6.45) is 1.64. The Morgan fingerprint density at radius 2 is 1.95 bits per heavy atom. The highest BCUT2D eigenvalue weighted by Crippen LogP contribution is 2.25. The Labute approximate surface area is 129 Å². The molecule has 3 nitrogen and oxygen atoms in total. The number of amides is 1. The van der Waals surface area contributed by atoms with Gasteiger partial charge in [-0.25, -0.2) is 8.78 Å². The number of anilines is 1. The highest BCUT2D eigenvalue weighted by Gasteiger charge is 2.12. The number of hydrogen-bond donors (Lipinski definition) is 2. The van der Waals surface area contributed by atoms with Crippen molar-refractivity contribution in [1.82, 2.24) is 4.98 Å². The minimum absolute atomic E-state index is 0.136. The van der Waals surface area contributed by atoms with Gasteiger partial charge in [-0.3, -0.25) is 4.79 Å². The maximum atomic E-state index is 13.3. The third-order valence-electron chi connectivity index (χ3n) is 3.25. The van der Waals surface area contributed by atoms with Gasteiger partial charge in [-0.2, -0.15) is 0 Å². The second kappa shape index (κ2) is 5.77. The standard InChI is InChI=1S/C16H11ClF2N2O/c17-10-3-1-2-9(4-10)5-16(22)21-15-8-20-14-7-13(19)12(18)6-11(14)15/h1-4,6-8,20H,5H2,(H,21,22). The smallest absolute Gasteiger partial charge is 0.228 e. The van der Waals surface area contributed by atoms with E-state index < -0.39 is 11.6 Å². The number of aromatic amines is 1. The normalized spacial score (nSPS) is 10.9. The summed E-state index contributed by atoms with van der Waals surface area (Å²) in [6.45, 7) is 0. The molecule has 0 aliphatic rings. The lowest BCUT2D eigenvalue weighted by Crippen LogP contribution is -2.14. The lowest BCUT2D eigenvalue weighted by molar-refractivity contribution is -0.115. The summed E-state index contributed by atoms with van der Waals surface area (Å²) in [6, 6.07) is 9.07. The van der Waals surface area contributed by atoms with E-state index >= 15 is 0 Å². The molecule has 3 aromatic rings. The SMILES string of the molecule is O=C(Cc1cccc(Cl)c1)Nc1c[nH]c2cc(F)c(F)cc12. The fraction of sp³-hybridized carbons (Fsp3) is 0.0625. The third-order valence-corrected chi connectivity index (χ3v) is 3.49. The first-order valence-electron chi connectivity index (χ1n) is 6.53. The number of carbonyl (C=O) groups excluding carboxylic acids is 1. The average Bonchev–Trinajstić information content (AvgIpc) is 2.81. The summed E-state index contributed by atoms with van der Waals surface area (Å²) in [5, 5.41) is 3.64. The predicted molar refractivity (Wildman–Crippen MR) is 82.0 cm³/mol. The van der Waals surface area contributed by atoms with Crippen molar-refractivity contribution >= 4 is 34.1 Å². The van der Waals surface area contributed by atoms with E-state index in [-0.39, 0.29) is 12.3 Å². The summed E-state index contributed by atoms with van der Waals surface area (Å²) in [7, 11) is 0. The van der Waals surface area contributed by atoms with Crippen molar-refractivity contribution in [3.8, 4) is 0 Å². The molecule has 0 fully saturated rings. The van der Waals surface area contributed by atoms with Gasteiger partial charge in [-0.15, -0.1) is 0 Å². The summed E-state index contributed by atoms with van der Waals surface area (Å²) in [5.41, 5.74) is 1.58. The molecule has 6 heteroatoms. The summed E-state index contributed by atoms with van der Waals surface area (Å²) < 4.78 is 26.5. The van der Waals surface area contributed by atoms with Gasteiger partial charge < -0.3 is 10.3 Å². The minimum atomic E-state index is -0.961. The molecule has 0 radical (unpaired) electrons. The number of nitrogens with one attached hydrogen (secondary N) is 2. The number of benzene rings is 2. The van der Waals surface area contributed by atoms with Crippen LogP contribution in [-0.4, -0.2) is 10.9 Å². The van der Waals surface area contributed by atoms with Crippen LogP contribution in [0.3, 0.4) is 0 Å². The second-order valence-corrected chi connectivity index (χ2v) is 5.31. The van der Waals surface area contributed by atoms with Crippen molar-refractivity contribution < 1.29 is 13.6 Å². The lowest BCUT2D eigenvalue weighted by atomic mass is 10.1. The average molecular weight is 321 g/mol. The Morgan fingerprint density at radius 1 is 1.18 bits per heavy atom. The van der Waals surface area contributed by atoms with Crippen molar-refractivity contribution in [1.29, 1.82) is 0 Å². The van der Waals surface area contributed by atoms with Crippen molar-refractivity contribution in [3.63, 3.8) is 0 Å². The highest BCUT2D eigenvalue weighted by atomic mass is 35.5. The van der Waals surface area contributed by atoms with Crippen LogP contribution in [0.4, 0.5) is 14.5 Å². The Hall–Kier alpha value is -2.40. The molecule has 1 amide bonds. The van der Waals surface area contributed by atoms with Crippen LogP contribution in [-0.2, 0) is 11.2 Å². The van der Waals surface area contributed by atoms with E-state index in [0.29, 0.717) is 21.6 Å². The van der Waals surface area contributed by atoms with E-state index in [4.69, 9.17) is 11.6 Å². The molecule has 2 N–H and O–H groups in total. The highest BCUT2D eigenvalue weighted by molar-refractivity contribution is 6.30. The second-order valence-electron chi connectivity index (χ2n) is 4.87. The molecule has 22 heavy (non-hydrogen) atoms. The third kappa shape index (κ3) is 2.94. The van der Waals surface area contributed by atoms with Crippen LogP contribution >= 0.6 is 11.6 Å². The molecule has 0 aliphatic carbocycles. The number of halogens is 3. The molecule has 1 heterocycles. The Balaban J connectivity index is 1.81. The van der Waals surface area contributed by atoms with Gasteiger partial charge in [0.25, 0.3) is 0 Å². The molecule has 0 spiro atoms. The Morgan fingerprint density at radius 3 is 2.73 bits per heavy atom. The summed E-state index contributed by atoms with van der Waals surface area (Å²) >= 11 is 5.87. The topological polar surface area (TPSA) is 44.9 Å². The van der Waals surface area contributed by atoms with Crippen LogP contribution in [0.2, 0.25) is 5.02 Å². The monoisotopic (exact) mass is 320 g/mol. The molecule has 0 aliphatic heterocycles. The zero-order chi connectivity index (χ0) is 15.7. The van der Waals surface area contributed by atoms with E-state index in [1.807, 2.05) is 0 Å². The van der Waals surface area contributed by atoms with Crippen LogP contribution in [0, 0.1) is 11.6 Å². The fourth-order valence-corrected chi connectivity index (χ4v) is 2.46. The van der Waals surface area contributed by atoms with Crippen LogP contribution in [0.1, 0.15) is 5.56 Å². The van der Waals surface area contributed by atoms with Gasteiger partial charge in [0, 0.05) is 22.7 Å². The zero-order valence-corrected chi connectivity index (χ0v) is 12.0. The first-order chi connectivity index (χ1) is 10.5. The molecule has 0 bridgehead atoms. The van der Waals surface area contributed by atoms with Crippen molar-refractivity contribution in [2.24, 2.45) is 0 Å². The predicted octanol–water partition coefficient (Wildman–Crippen LogP) is 4.28. The van der Waals surface area contributed by atoms with E-state index in [1.165, 1.54) is 6.20 Å². The van der Waals surface area contributed by atoms with Gasteiger partial charge in [0.15, 0.2) is 11.6 Å². The molecule has 0 atom stereocenters. The number of fused-ring (bicyclic) bond motifs is 1. The largest absolute Gasteiger partial charge is 0.359 e. The van der Waals surface area contributed by atoms with E-state index in [0.717, 1.165) is 17.7 Å². The Bertz CT molecular complexity index is 860. The number of hydrogen-bond acceptors (Lipinski definition) is 1. The molecular formula is C16H11ClF2N2O. The molecule has 1 aromatic heterocycles. The van der Waals surface area contributed by atoms with Crippen LogP contribution in [0.25, 0.3) is 10.9 Å². The van der Waals surface area contributed by atoms with Gasteiger partial charge >= 0.3 is 0 Å². The maximum Gasteiger partial charge on any atom is 0.228 e. The quantitative estimate of drug-likeness (QED) is 0.743. The van der Waals surface area contributed by atoms with Crippen LogP contribution in [0.15, 0.2) is 42.6 Å². The molecule has 0 saturated heterocycles. The van der Waals surface area contributed by atoms with Gasteiger partial charge in [0.2, 0.25) is 5.91 Å².